The van der Waals surface area contributed by atoms with Crippen LogP contribution in [-0.2, 0) is 13.1 Å². The Balaban J connectivity index is 1.93. The van der Waals surface area contributed by atoms with Crippen LogP contribution in [0.4, 0.5) is 5.69 Å². The van der Waals surface area contributed by atoms with Gasteiger partial charge >= 0.3 is 0 Å². The molecular formula is C16H19BrN2S. The number of nitrogens with one attached hydrogen (secondary N) is 1. The van der Waals surface area contributed by atoms with Crippen molar-refractivity contribution in [3.63, 3.8) is 0 Å². The highest BCUT2D eigenvalue weighted by molar-refractivity contribution is 9.11. The van der Waals surface area contributed by atoms with E-state index in [4.69, 9.17) is 0 Å². The van der Waals surface area contributed by atoms with Crippen LogP contribution >= 0.6 is 27.3 Å². The lowest BCUT2D eigenvalue weighted by Gasteiger charge is -2.31. The predicted molar refractivity (Wildman–Crippen MR) is 90.4 cm³/mol. The third-order valence-corrected chi connectivity index (χ3v) is 5.26. The first-order valence-electron chi connectivity index (χ1n) is 6.86. The summed E-state index contributed by atoms with van der Waals surface area (Å²) in [5.74, 6) is 0. The number of anilines is 1. The zero-order valence-corrected chi connectivity index (χ0v) is 14.2. The Hall–Kier alpha value is -0.840. The maximum absolute atomic E-state index is 3.65. The number of benzene rings is 1. The zero-order chi connectivity index (χ0) is 14.2. The molecule has 1 N–H and O–H groups in total. The fraction of sp³-hybridized carbons (Fsp3) is 0.375. The third-order valence-electron chi connectivity index (χ3n) is 3.65. The topological polar surface area (TPSA) is 15.3 Å². The van der Waals surface area contributed by atoms with Crippen LogP contribution in [0.5, 0.6) is 0 Å². The largest absolute Gasteiger partial charge is 0.364 e. The summed E-state index contributed by atoms with van der Waals surface area (Å²) in [6.07, 6.45) is 0. The maximum atomic E-state index is 3.65. The Kier molecular flexibility index (Phi) is 3.89. The molecule has 0 saturated heterocycles. The van der Waals surface area contributed by atoms with E-state index in [9.17, 15) is 0 Å². The van der Waals surface area contributed by atoms with Crippen molar-refractivity contribution in [2.24, 2.45) is 0 Å². The molecule has 1 aromatic carbocycles. The van der Waals surface area contributed by atoms with Gasteiger partial charge in [0.25, 0.3) is 0 Å². The van der Waals surface area contributed by atoms with E-state index in [1.54, 1.807) is 0 Å². The number of rotatable bonds is 2. The summed E-state index contributed by atoms with van der Waals surface area (Å²) in [6.45, 7) is 7.47. The lowest BCUT2D eigenvalue weighted by molar-refractivity contribution is 0.395. The average molecular weight is 351 g/mol. The van der Waals surface area contributed by atoms with Crippen LogP contribution in [0.2, 0.25) is 0 Å². The second-order valence-electron chi connectivity index (χ2n) is 5.93. The number of halogens is 1. The van der Waals surface area contributed by atoms with Gasteiger partial charge in [-0.15, -0.1) is 11.3 Å². The van der Waals surface area contributed by atoms with E-state index in [1.165, 1.54) is 19.9 Å². The number of fused-ring (bicyclic) bond motifs is 1. The Bertz CT molecular complexity index is 606. The van der Waals surface area contributed by atoms with Gasteiger partial charge in [0.1, 0.15) is 0 Å². The molecule has 4 heteroatoms. The van der Waals surface area contributed by atoms with E-state index in [2.05, 4.69) is 76.4 Å². The average Bonchev–Trinajstić information content (AvgIpc) is 2.75. The van der Waals surface area contributed by atoms with Gasteiger partial charge in [0.2, 0.25) is 0 Å². The van der Waals surface area contributed by atoms with Gasteiger partial charge in [-0.3, -0.25) is 0 Å². The molecule has 1 aromatic heterocycles. The molecule has 106 valence electrons. The van der Waals surface area contributed by atoms with E-state index in [-0.39, 0.29) is 5.54 Å². The van der Waals surface area contributed by atoms with Crippen molar-refractivity contribution in [3.05, 3.63) is 50.6 Å². The van der Waals surface area contributed by atoms with E-state index in [0.717, 1.165) is 19.6 Å². The quantitative estimate of drug-likeness (QED) is 0.863. The van der Waals surface area contributed by atoms with Crippen LogP contribution in [0.25, 0.3) is 0 Å². The van der Waals surface area contributed by atoms with Gasteiger partial charge < -0.3 is 10.2 Å². The number of para-hydroxylation sites is 1. The molecule has 0 bridgehead atoms. The first kappa shape index (κ1) is 14.1. The first-order valence-corrected chi connectivity index (χ1v) is 8.47. The molecule has 2 aromatic rings. The Labute approximate surface area is 132 Å². The predicted octanol–water partition coefficient (Wildman–Crippen LogP) is 4.40. The minimum absolute atomic E-state index is 0.119. The molecule has 1 aliphatic rings. The summed E-state index contributed by atoms with van der Waals surface area (Å²) in [7, 11) is 0. The second kappa shape index (κ2) is 5.51. The molecule has 0 radical (unpaired) electrons. The summed E-state index contributed by atoms with van der Waals surface area (Å²) >= 11 is 5.37. The standard InChI is InChI=1S/C16H19BrN2S/c1-16(2)11-19(10-13-7-8-15(17)20-13)14-6-4-3-5-12(14)9-18-16/h3-8,18H,9-11H2,1-2H3. The summed E-state index contributed by atoms with van der Waals surface area (Å²) in [4.78, 5) is 3.89. The molecule has 0 saturated carbocycles. The Morgan fingerprint density at radius 2 is 2.05 bits per heavy atom. The van der Waals surface area contributed by atoms with E-state index >= 15 is 0 Å². The maximum Gasteiger partial charge on any atom is 0.0702 e. The van der Waals surface area contributed by atoms with Crippen molar-refractivity contribution in [2.45, 2.75) is 32.5 Å². The lowest BCUT2D eigenvalue weighted by atomic mass is 10.1. The lowest BCUT2D eigenvalue weighted by Crippen LogP contribution is -2.46. The minimum Gasteiger partial charge on any atom is -0.364 e. The van der Waals surface area contributed by atoms with Crippen molar-refractivity contribution in [1.29, 1.82) is 0 Å². The smallest absolute Gasteiger partial charge is 0.0702 e. The Morgan fingerprint density at radius 1 is 1.25 bits per heavy atom. The summed E-state index contributed by atoms with van der Waals surface area (Å²) in [6, 6.07) is 13.1. The van der Waals surface area contributed by atoms with Crippen LogP contribution < -0.4 is 10.2 Å². The van der Waals surface area contributed by atoms with Crippen LogP contribution in [-0.4, -0.2) is 12.1 Å². The highest BCUT2D eigenvalue weighted by Gasteiger charge is 2.26. The molecule has 0 amide bonds. The number of hydrogen-bond donors (Lipinski definition) is 1. The number of hydrogen-bond acceptors (Lipinski definition) is 3. The van der Waals surface area contributed by atoms with Gasteiger partial charge in [-0.2, -0.15) is 0 Å². The van der Waals surface area contributed by atoms with Crippen LogP contribution in [0, 0.1) is 0 Å². The molecule has 0 aliphatic carbocycles. The van der Waals surface area contributed by atoms with Gasteiger partial charge in [0, 0.05) is 29.2 Å². The van der Waals surface area contributed by atoms with E-state index in [0.29, 0.717) is 0 Å². The van der Waals surface area contributed by atoms with E-state index in [1.807, 2.05) is 11.3 Å². The number of thiophene rings is 1. The summed E-state index contributed by atoms with van der Waals surface area (Å²) < 4.78 is 1.20. The molecule has 1 aliphatic heterocycles. The second-order valence-corrected chi connectivity index (χ2v) is 8.48. The van der Waals surface area contributed by atoms with Crippen molar-refractivity contribution < 1.29 is 0 Å². The van der Waals surface area contributed by atoms with Crippen LogP contribution in [0.1, 0.15) is 24.3 Å². The molecule has 2 nitrogen and oxygen atoms in total. The normalized spacial score (nSPS) is 17.6. The Morgan fingerprint density at radius 3 is 2.80 bits per heavy atom. The molecule has 20 heavy (non-hydrogen) atoms. The van der Waals surface area contributed by atoms with Crippen molar-refractivity contribution in [1.82, 2.24) is 5.32 Å². The highest BCUT2D eigenvalue weighted by atomic mass is 79.9. The molecule has 0 unspecified atom stereocenters. The molecule has 2 heterocycles. The van der Waals surface area contributed by atoms with E-state index < -0.39 is 0 Å². The molecule has 0 atom stereocenters. The summed E-state index contributed by atoms with van der Waals surface area (Å²) in [5, 5.41) is 3.65. The minimum atomic E-state index is 0.119. The van der Waals surface area contributed by atoms with Crippen LogP contribution in [0.15, 0.2) is 40.2 Å². The fourth-order valence-electron chi connectivity index (χ4n) is 2.69. The van der Waals surface area contributed by atoms with Gasteiger partial charge in [-0.25, -0.2) is 0 Å². The van der Waals surface area contributed by atoms with Gasteiger partial charge in [0.05, 0.1) is 10.3 Å². The molecule has 0 spiro atoms. The highest BCUT2D eigenvalue weighted by Crippen LogP contribution is 2.30. The third kappa shape index (κ3) is 3.08. The van der Waals surface area contributed by atoms with Crippen molar-refractivity contribution in [2.75, 3.05) is 11.4 Å². The number of nitrogens with zero attached hydrogens (tertiary/aromatic N) is 1. The van der Waals surface area contributed by atoms with Crippen molar-refractivity contribution in [3.8, 4) is 0 Å². The SMILES string of the molecule is CC1(C)CN(Cc2ccc(Br)s2)c2ccccc2CN1. The monoisotopic (exact) mass is 350 g/mol. The van der Waals surface area contributed by atoms with Gasteiger partial charge in [-0.05, 0) is 53.5 Å². The molecule has 3 rings (SSSR count). The molecule has 0 fully saturated rings. The van der Waals surface area contributed by atoms with Crippen molar-refractivity contribution >= 4 is 33.0 Å². The molecular weight excluding hydrogens is 332 g/mol. The summed E-state index contributed by atoms with van der Waals surface area (Å²) in [5.41, 5.74) is 2.86. The van der Waals surface area contributed by atoms with Gasteiger partial charge in [-0.1, -0.05) is 18.2 Å². The first-order chi connectivity index (χ1) is 9.53. The zero-order valence-electron chi connectivity index (χ0n) is 11.8. The van der Waals surface area contributed by atoms with Crippen LogP contribution in [0.3, 0.4) is 0 Å². The fourth-order valence-corrected chi connectivity index (χ4v) is 4.19. The van der Waals surface area contributed by atoms with Gasteiger partial charge in [0.15, 0.2) is 0 Å².